The fourth-order valence-corrected chi connectivity index (χ4v) is 3.25. The minimum absolute atomic E-state index is 0.0377. The summed E-state index contributed by atoms with van der Waals surface area (Å²) in [6.45, 7) is 6.74. The van der Waals surface area contributed by atoms with Crippen LogP contribution in [0.4, 0.5) is 0 Å². The summed E-state index contributed by atoms with van der Waals surface area (Å²) in [4.78, 5) is 14.5. The van der Waals surface area contributed by atoms with E-state index in [4.69, 9.17) is 0 Å². The van der Waals surface area contributed by atoms with E-state index in [0.717, 1.165) is 24.9 Å². The van der Waals surface area contributed by atoms with E-state index >= 15 is 0 Å². The van der Waals surface area contributed by atoms with Gasteiger partial charge in [-0.25, -0.2) is 0 Å². The van der Waals surface area contributed by atoms with Crippen molar-refractivity contribution in [3.63, 3.8) is 0 Å². The lowest BCUT2D eigenvalue weighted by Crippen LogP contribution is -2.52. The van der Waals surface area contributed by atoms with Gasteiger partial charge in [-0.15, -0.1) is 0 Å². The third-order valence-corrected chi connectivity index (χ3v) is 5.31. The zero-order valence-electron chi connectivity index (χ0n) is 15.4. The topological polar surface area (TPSA) is 76.4 Å². The average molecular weight is 343 g/mol. The molecular formula is C20H29N3O2. The minimum atomic E-state index is -0.851. The van der Waals surface area contributed by atoms with Crippen LogP contribution in [0.5, 0.6) is 0 Å². The number of benzene rings is 1. The molecule has 0 unspecified atom stereocenters. The molecule has 0 radical (unpaired) electrons. The molecule has 0 spiro atoms. The summed E-state index contributed by atoms with van der Waals surface area (Å²) in [5, 5.41) is 22.7. The Kier molecular flexibility index (Phi) is 6.57. The highest BCUT2D eigenvalue weighted by molar-refractivity contribution is 5.79. The number of hydrogen-bond acceptors (Lipinski definition) is 4. The largest absolute Gasteiger partial charge is 0.388 e. The normalized spacial score (nSPS) is 21.5. The van der Waals surface area contributed by atoms with Crippen LogP contribution in [-0.2, 0) is 4.79 Å². The summed E-state index contributed by atoms with van der Waals surface area (Å²) in [6.07, 6.45) is 2.11. The van der Waals surface area contributed by atoms with Crippen LogP contribution in [0.15, 0.2) is 30.3 Å². The number of likely N-dealkylation sites (tertiary alicyclic amines) is 1. The van der Waals surface area contributed by atoms with Gasteiger partial charge in [0.15, 0.2) is 0 Å². The van der Waals surface area contributed by atoms with Crippen LogP contribution < -0.4 is 5.32 Å². The number of amides is 1. The van der Waals surface area contributed by atoms with Gasteiger partial charge >= 0.3 is 0 Å². The molecule has 136 valence electrons. The summed E-state index contributed by atoms with van der Waals surface area (Å²) in [6, 6.07) is 12.0. The van der Waals surface area contributed by atoms with Crippen molar-refractivity contribution in [3.8, 4) is 6.07 Å². The van der Waals surface area contributed by atoms with Gasteiger partial charge in [0.2, 0.25) is 5.91 Å². The number of rotatable bonds is 7. The number of hydrogen-bond donors (Lipinski definition) is 2. The molecular weight excluding hydrogens is 314 g/mol. The number of aliphatic hydroxyl groups is 1. The van der Waals surface area contributed by atoms with Gasteiger partial charge in [-0.3, -0.25) is 9.69 Å². The fraction of sp³-hybridized carbons (Fsp3) is 0.600. The smallest absolute Gasteiger partial charge is 0.235 e. The first-order chi connectivity index (χ1) is 11.9. The Morgan fingerprint density at radius 3 is 2.72 bits per heavy atom. The number of aliphatic hydroxyl groups excluding tert-OH is 1. The van der Waals surface area contributed by atoms with Crippen molar-refractivity contribution in [2.75, 3.05) is 13.1 Å². The van der Waals surface area contributed by atoms with Crippen LogP contribution in [0.3, 0.4) is 0 Å². The third-order valence-electron chi connectivity index (χ3n) is 5.31. The zero-order valence-corrected chi connectivity index (χ0v) is 15.4. The molecule has 1 amide bonds. The van der Waals surface area contributed by atoms with Gasteiger partial charge in [0.05, 0.1) is 18.7 Å². The molecule has 5 nitrogen and oxygen atoms in total. The predicted molar refractivity (Wildman–Crippen MR) is 97.6 cm³/mol. The molecule has 5 heteroatoms. The molecule has 1 fully saturated rings. The van der Waals surface area contributed by atoms with Crippen LogP contribution in [0.25, 0.3) is 0 Å². The van der Waals surface area contributed by atoms with E-state index in [9.17, 15) is 15.2 Å². The van der Waals surface area contributed by atoms with Crippen molar-refractivity contribution < 1.29 is 9.90 Å². The molecule has 1 aliphatic heterocycles. The van der Waals surface area contributed by atoms with E-state index < -0.39 is 11.6 Å². The summed E-state index contributed by atoms with van der Waals surface area (Å²) in [5.74, 6) is -0.0884. The van der Waals surface area contributed by atoms with Crippen LogP contribution in [-0.4, -0.2) is 40.6 Å². The summed E-state index contributed by atoms with van der Waals surface area (Å²) >= 11 is 0. The first-order valence-corrected chi connectivity index (χ1v) is 9.05. The fourth-order valence-electron chi connectivity index (χ4n) is 3.25. The van der Waals surface area contributed by atoms with Crippen LogP contribution in [0.2, 0.25) is 0 Å². The lowest BCUT2D eigenvalue weighted by atomic mass is 9.90. The molecule has 0 bridgehead atoms. The van der Waals surface area contributed by atoms with E-state index in [0.29, 0.717) is 6.42 Å². The molecule has 25 heavy (non-hydrogen) atoms. The standard InChI is InChI=1S/C20H29N3O2/c1-15(2)20(3,14-21)22-19(25)13-23-11-7-10-17(23)12-18(24)16-8-5-4-6-9-16/h4-6,8-9,15,17-18,24H,7,10-13H2,1-3H3,(H,22,25)/t17-,18+,20-/m0/s1. The molecule has 3 atom stereocenters. The van der Waals surface area contributed by atoms with Gasteiger partial charge < -0.3 is 10.4 Å². The van der Waals surface area contributed by atoms with Gasteiger partial charge in [0, 0.05) is 6.04 Å². The lowest BCUT2D eigenvalue weighted by Gasteiger charge is -2.30. The van der Waals surface area contributed by atoms with Gasteiger partial charge in [-0.1, -0.05) is 44.2 Å². The van der Waals surface area contributed by atoms with E-state index in [2.05, 4.69) is 16.3 Å². The zero-order chi connectivity index (χ0) is 18.4. The lowest BCUT2D eigenvalue weighted by molar-refractivity contribution is -0.124. The van der Waals surface area contributed by atoms with E-state index in [1.54, 1.807) is 6.92 Å². The monoisotopic (exact) mass is 343 g/mol. The first kappa shape index (κ1) is 19.4. The molecule has 1 aromatic carbocycles. The van der Waals surface area contributed by atoms with Gasteiger partial charge in [-0.05, 0) is 44.2 Å². The second-order valence-corrected chi connectivity index (χ2v) is 7.45. The summed E-state index contributed by atoms with van der Waals surface area (Å²) in [5.41, 5.74) is 0.0613. The van der Waals surface area contributed by atoms with Gasteiger partial charge in [-0.2, -0.15) is 5.26 Å². The van der Waals surface area contributed by atoms with Crippen molar-refractivity contribution in [1.29, 1.82) is 5.26 Å². The van der Waals surface area contributed by atoms with Crippen molar-refractivity contribution in [2.45, 2.75) is 57.7 Å². The van der Waals surface area contributed by atoms with E-state index in [-0.39, 0.29) is 24.4 Å². The number of nitriles is 1. The van der Waals surface area contributed by atoms with Crippen molar-refractivity contribution in [1.82, 2.24) is 10.2 Å². The third kappa shape index (κ3) is 5.04. The molecule has 0 aliphatic carbocycles. The Labute approximate surface area is 150 Å². The van der Waals surface area contributed by atoms with Crippen molar-refractivity contribution >= 4 is 5.91 Å². The molecule has 2 rings (SSSR count). The second-order valence-electron chi connectivity index (χ2n) is 7.45. The highest BCUT2D eigenvalue weighted by Crippen LogP contribution is 2.27. The Balaban J connectivity index is 1.93. The Morgan fingerprint density at radius 2 is 2.12 bits per heavy atom. The Hall–Kier alpha value is -1.90. The van der Waals surface area contributed by atoms with Gasteiger partial charge in [0.1, 0.15) is 5.54 Å². The SMILES string of the molecule is CC(C)[C@](C)(C#N)NC(=O)CN1CCC[C@H]1C[C@@H](O)c1ccccc1. The quantitative estimate of drug-likeness (QED) is 0.798. The highest BCUT2D eigenvalue weighted by Gasteiger charge is 2.33. The van der Waals surface area contributed by atoms with Crippen LogP contribution >= 0.6 is 0 Å². The molecule has 1 saturated heterocycles. The van der Waals surface area contributed by atoms with Crippen LogP contribution in [0, 0.1) is 17.2 Å². The molecule has 1 aromatic rings. The number of carbonyl (C=O) groups excluding carboxylic acids is 1. The maximum absolute atomic E-state index is 12.4. The average Bonchev–Trinajstić information content (AvgIpc) is 3.01. The Bertz CT molecular complexity index is 611. The summed E-state index contributed by atoms with van der Waals surface area (Å²) in [7, 11) is 0. The molecule has 0 saturated carbocycles. The van der Waals surface area contributed by atoms with E-state index in [1.165, 1.54) is 0 Å². The molecule has 1 aliphatic rings. The highest BCUT2D eigenvalue weighted by atomic mass is 16.3. The summed E-state index contributed by atoms with van der Waals surface area (Å²) < 4.78 is 0. The molecule has 1 heterocycles. The van der Waals surface area contributed by atoms with Gasteiger partial charge in [0.25, 0.3) is 0 Å². The minimum Gasteiger partial charge on any atom is -0.388 e. The molecule has 0 aromatic heterocycles. The van der Waals surface area contributed by atoms with E-state index in [1.807, 2.05) is 44.2 Å². The number of nitrogens with one attached hydrogen (secondary N) is 1. The second kappa shape index (κ2) is 8.46. The number of nitrogens with zero attached hydrogens (tertiary/aromatic N) is 2. The Morgan fingerprint density at radius 1 is 1.44 bits per heavy atom. The van der Waals surface area contributed by atoms with Crippen LogP contribution in [0.1, 0.15) is 51.7 Å². The predicted octanol–water partition coefficient (Wildman–Crippen LogP) is 2.63. The number of carbonyl (C=O) groups is 1. The van der Waals surface area contributed by atoms with Crippen molar-refractivity contribution in [2.24, 2.45) is 5.92 Å². The first-order valence-electron chi connectivity index (χ1n) is 9.05. The van der Waals surface area contributed by atoms with Crippen molar-refractivity contribution in [3.05, 3.63) is 35.9 Å². The maximum atomic E-state index is 12.4. The molecule has 2 N–H and O–H groups in total. The maximum Gasteiger partial charge on any atom is 0.235 e.